The van der Waals surface area contributed by atoms with Crippen molar-refractivity contribution in [3.8, 4) is 0 Å². The molecule has 5 nitrogen and oxygen atoms in total. The number of carbonyl (C=O) groups excluding carboxylic acids is 1. The Bertz CT molecular complexity index is 1200. The summed E-state index contributed by atoms with van der Waals surface area (Å²) in [6.07, 6.45) is 1.86. The molecule has 0 bridgehead atoms. The Morgan fingerprint density at radius 3 is 2.25 bits per heavy atom. The topological polar surface area (TPSA) is 48.5 Å². The van der Waals surface area contributed by atoms with Gasteiger partial charge >= 0.3 is 0 Å². The largest absolute Gasteiger partial charge is 0.368 e. The summed E-state index contributed by atoms with van der Waals surface area (Å²) in [6.45, 7) is 4.19. The number of anilines is 2. The summed E-state index contributed by atoms with van der Waals surface area (Å²) in [4.78, 5) is 22.2. The highest BCUT2D eigenvalue weighted by atomic mass is 16.1. The van der Waals surface area contributed by atoms with Crippen LogP contribution in [0, 0.1) is 0 Å². The molecule has 1 fully saturated rings. The maximum atomic E-state index is 12.8. The monoisotopic (exact) mass is 422 g/mol. The molecular weight excluding hydrogens is 396 g/mol. The Balaban J connectivity index is 1.33. The summed E-state index contributed by atoms with van der Waals surface area (Å²) >= 11 is 0. The zero-order valence-electron chi connectivity index (χ0n) is 17.9. The number of nitrogens with zero attached hydrogens (tertiary/aromatic N) is 3. The van der Waals surface area contributed by atoms with Crippen molar-refractivity contribution in [2.45, 2.75) is 6.54 Å². The zero-order valence-corrected chi connectivity index (χ0v) is 17.9. The van der Waals surface area contributed by atoms with Crippen molar-refractivity contribution in [1.29, 1.82) is 0 Å². The van der Waals surface area contributed by atoms with Crippen molar-refractivity contribution in [2.24, 2.45) is 0 Å². The highest BCUT2D eigenvalue weighted by Crippen LogP contribution is 2.27. The fourth-order valence-electron chi connectivity index (χ4n) is 4.24. The van der Waals surface area contributed by atoms with Crippen molar-refractivity contribution in [2.75, 3.05) is 36.0 Å². The second-order valence-corrected chi connectivity index (χ2v) is 8.05. The number of piperazine rings is 1. The number of carbonyl (C=O) groups is 1. The molecule has 2 heterocycles. The lowest BCUT2D eigenvalue weighted by atomic mass is 10.1. The maximum Gasteiger partial charge on any atom is 0.251 e. The minimum Gasteiger partial charge on any atom is -0.368 e. The minimum absolute atomic E-state index is 0.0700. The van der Waals surface area contributed by atoms with Crippen molar-refractivity contribution in [3.05, 3.63) is 102 Å². The van der Waals surface area contributed by atoms with E-state index in [-0.39, 0.29) is 5.91 Å². The Morgan fingerprint density at radius 1 is 0.812 bits per heavy atom. The number of fused-ring (bicyclic) bond motifs is 1. The normalized spacial score (nSPS) is 13.9. The molecule has 3 aromatic carbocycles. The molecule has 1 aliphatic rings. The quantitative estimate of drug-likeness (QED) is 0.515. The van der Waals surface area contributed by atoms with Gasteiger partial charge in [0.15, 0.2) is 0 Å². The molecule has 0 aliphatic carbocycles. The van der Waals surface area contributed by atoms with Crippen LogP contribution in [0.4, 0.5) is 11.5 Å². The zero-order chi connectivity index (χ0) is 21.8. The van der Waals surface area contributed by atoms with Gasteiger partial charge in [-0.2, -0.15) is 0 Å². The molecular formula is C27H26N4O. The molecule has 0 unspecified atom stereocenters. The number of aromatic nitrogens is 1. The van der Waals surface area contributed by atoms with E-state index < -0.39 is 0 Å². The minimum atomic E-state index is -0.0700. The standard InChI is InChI=1S/C27H26N4O/c32-27(29-20-21-7-3-1-4-8-21)23-12-11-22-13-14-28-26(25(22)19-23)31-17-15-30(16-18-31)24-9-5-2-6-10-24/h1-14,19H,15-18,20H2,(H,29,32). The SMILES string of the molecule is O=C(NCc1ccccc1)c1ccc2ccnc(N3CCN(c4ccccc4)CC3)c2c1. The van der Waals surface area contributed by atoms with Crippen molar-refractivity contribution >= 4 is 28.2 Å². The Morgan fingerprint density at radius 2 is 1.50 bits per heavy atom. The smallest absolute Gasteiger partial charge is 0.251 e. The van der Waals surface area contributed by atoms with Crippen LogP contribution in [0.1, 0.15) is 15.9 Å². The van der Waals surface area contributed by atoms with Gasteiger partial charge in [0.25, 0.3) is 5.91 Å². The molecule has 4 aromatic rings. The summed E-state index contributed by atoms with van der Waals surface area (Å²) in [5, 5.41) is 5.14. The van der Waals surface area contributed by atoms with Gasteiger partial charge in [0.1, 0.15) is 5.82 Å². The third-order valence-corrected chi connectivity index (χ3v) is 6.00. The van der Waals surface area contributed by atoms with Gasteiger partial charge in [-0.05, 0) is 41.3 Å². The van der Waals surface area contributed by atoms with E-state index in [0.717, 1.165) is 48.3 Å². The van der Waals surface area contributed by atoms with Gasteiger partial charge in [-0.25, -0.2) is 4.98 Å². The van der Waals surface area contributed by atoms with Crippen molar-refractivity contribution in [3.63, 3.8) is 0 Å². The van der Waals surface area contributed by atoms with E-state index in [1.165, 1.54) is 5.69 Å². The lowest BCUT2D eigenvalue weighted by Gasteiger charge is -2.37. The van der Waals surface area contributed by atoms with E-state index in [9.17, 15) is 4.79 Å². The number of pyridine rings is 1. The Hall–Kier alpha value is -3.86. The van der Waals surface area contributed by atoms with Crippen LogP contribution in [0.3, 0.4) is 0 Å². The lowest BCUT2D eigenvalue weighted by Crippen LogP contribution is -2.46. The van der Waals surface area contributed by atoms with Crippen LogP contribution in [0.2, 0.25) is 0 Å². The van der Waals surface area contributed by atoms with Crippen LogP contribution in [0.25, 0.3) is 10.8 Å². The second kappa shape index (κ2) is 9.10. The summed E-state index contributed by atoms with van der Waals surface area (Å²) in [6, 6.07) is 28.4. The summed E-state index contributed by atoms with van der Waals surface area (Å²) in [7, 11) is 0. The Kier molecular flexibility index (Phi) is 5.71. The van der Waals surface area contributed by atoms with Gasteiger partial charge in [0, 0.05) is 55.6 Å². The third kappa shape index (κ3) is 4.28. The molecule has 32 heavy (non-hydrogen) atoms. The number of rotatable bonds is 5. The highest BCUT2D eigenvalue weighted by Gasteiger charge is 2.20. The first-order valence-electron chi connectivity index (χ1n) is 11.0. The van der Waals surface area contributed by atoms with E-state index in [1.807, 2.05) is 66.9 Å². The summed E-state index contributed by atoms with van der Waals surface area (Å²) in [5.41, 5.74) is 3.00. The van der Waals surface area contributed by atoms with Crippen molar-refractivity contribution in [1.82, 2.24) is 10.3 Å². The molecule has 1 aliphatic heterocycles. The molecule has 1 saturated heterocycles. The molecule has 160 valence electrons. The number of amides is 1. The van der Waals surface area contributed by atoms with Crippen LogP contribution < -0.4 is 15.1 Å². The van der Waals surface area contributed by atoms with E-state index in [2.05, 4.69) is 39.4 Å². The summed E-state index contributed by atoms with van der Waals surface area (Å²) in [5.74, 6) is 0.882. The predicted molar refractivity (Wildman–Crippen MR) is 130 cm³/mol. The molecule has 0 radical (unpaired) electrons. The second-order valence-electron chi connectivity index (χ2n) is 8.05. The molecule has 0 spiro atoms. The van der Waals surface area contributed by atoms with E-state index in [1.54, 1.807) is 0 Å². The number of hydrogen-bond acceptors (Lipinski definition) is 4. The van der Waals surface area contributed by atoms with Crippen LogP contribution in [0.15, 0.2) is 91.1 Å². The van der Waals surface area contributed by atoms with E-state index >= 15 is 0 Å². The number of para-hydroxylation sites is 1. The van der Waals surface area contributed by atoms with E-state index in [0.29, 0.717) is 12.1 Å². The van der Waals surface area contributed by atoms with Gasteiger partial charge < -0.3 is 15.1 Å². The lowest BCUT2D eigenvalue weighted by molar-refractivity contribution is 0.0951. The fourth-order valence-corrected chi connectivity index (χ4v) is 4.24. The molecule has 1 amide bonds. The first-order chi connectivity index (χ1) is 15.8. The molecule has 1 N–H and O–H groups in total. The maximum absolute atomic E-state index is 12.8. The van der Waals surface area contributed by atoms with Gasteiger partial charge in [-0.15, -0.1) is 0 Å². The van der Waals surface area contributed by atoms with Gasteiger partial charge in [0.05, 0.1) is 0 Å². The summed E-state index contributed by atoms with van der Waals surface area (Å²) < 4.78 is 0. The number of nitrogens with one attached hydrogen (secondary N) is 1. The first-order valence-corrected chi connectivity index (χ1v) is 11.0. The number of benzene rings is 3. The van der Waals surface area contributed by atoms with Crippen LogP contribution in [0.5, 0.6) is 0 Å². The van der Waals surface area contributed by atoms with Crippen LogP contribution in [-0.4, -0.2) is 37.1 Å². The van der Waals surface area contributed by atoms with Crippen LogP contribution in [-0.2, 0) is 6.54 Å². The molecule has 5 heteroatoms. The van der Waals surface area contributed by atoms with Gasteiger partial charge in [0.2, 0.25) is 0 Å². The fraction of sp³-hybridized carbons (Fsp3) is 0.185. The average Bonchev–Trinajstić information content (AvgIpc) is 2.88. The molecule has 1 aromatic heterocycles. The highest BCUT2D eigenvalue weighted by molar-refractivity contribution is 6.01. The van der Waals surface area contributed by atoms with Crippen molar-refractivity contribution < 1.29 is 4.79 Å². The predicted octanol–water partition coefficient (Wildman–Crippen LogP) is 4.49. The first kappa shape index (κ1) is 20.1. The van der Waals surface area contributed by atoms with E-state index in [4.69, 9.17) is 4.98 Å². The average molecular weight is 423 g/mol. The molecule has 0 atom stereocenters. The Labute approximate surface area is 188 Å². The third-order valence-electron chi connectivity index (χ3n) is 6.00. The molecule has 0 saturated carbocycles. The van der Waals surface area contributed by atoms with Gasteiger partial charge in [-0.3, -0.25) is 4.79 Å². The molecule has 5 rings (SSSR count). The van der Waals surface area contributed by atoms with Crippen LogP contribution >= 0.6 is 0 Å². The van der Waals surface area contributed by atoms with Gasteiger partial charge in [-0.1, -0.05) is 54.6 Å². The number of hydrogen-bond donors (Lipinski definition) is 1.